The van der Waals surface area contributed by atoms with Gasteiger partial charge in [0.1, 0.15) is 0 Å². The summed E-state index contributed by atoms with van der Waals surface area (Å²) in [5.74, 6) is 0. The SMILES string of the molecule is Clc1cccc(Nc2nc(-c3ccncc3)cs2)c1Cl. The number of nitrogens with one attached hydrogen (secondary N) is 1. The van der Waals surface area contributed by atoms with Crippen LogP contribution in [0, 0.1) is 0 Å². The van der Waals surface area contributed by atoms with Gasteiger partial charge in [-0.15, -0.1) is 11.3 Å². The average molecular weight is 322 g/mol. The molecule has 0 aliphatic carbocycles. The maximum Gasteiger partial charge on any atom is 0.187 e. The van der Waals surface area contributed by atoms with E-state index in [0.717, 1.165) is 22.1 Å². The summed E-state index contributed by atoms with van der Waals surface area (Å²) in [4.78, 5) is 8.52. The van der Waals surface area contributed by atoms with Crippen molar-refractivity contribution in [3.63, 3.8) is 0 Å². The van der Waals surface area contributed by atoms with Gasteiger partial charge >= 0.3 is 0 Å². The van der Waals surface area contributed by atoms with Gasteiger partial charge in [0.15, 0.2) is 5.13 Å². The van der Waals surface area contributed by atoms with E-state index in [1.165, 1.54) is 11.3 Å². The Hall–Kier alpha value is -1.62. The highest BCUT2D eigenvalue weighted by molar-refractivity contribution is 7.14. The summed E-state index contributed by atoms with van der Waals surface area (Å²) < 4.78 is 0. The quantitative estimate of drug-likeness (QED) is 0.715. The van der Waals surface area contributed by atoms with Crippen LogP contribution in [0.1, 0.15) is 0 Å². The monoisotopic (exact) mass is 321 g/mol. The van der Waals surface area contributed by atoms with Gasteiger partial charge in [-0.25, -0.2) is 4.98 Å². The number of pyridine rings is 1. The van der Waals surface area contributed by atoms with Crippen LogP contribution in [-0.2, 0) is 0 Å². The summed E-state index contributed by atoms with van der Waals surface area (Å²) in [5.41, 5.74) is 2.68. The second-order valence-corrected chi connectivity index (χ2v) is 5.64. The number of hydrogen-bond acceptors (Lipinski definition) is 4. The second-order valence-electron chi connectivity index (χ2n) is 4.00. The highest BCUT2D eigenvalue weighted by Gasteiger charge is 2.08. The molecule has 3 rings (SSSR count). The molecule has 0 aliphatic heterocycles. The van der Waals surface area contributed by atoms with Gasteiger partial charge in [0.05, 0.1) is 21.4 Å². The molecule has 1 N–H and O–H groups in total. The lowest BCUT2D eigenvalue weighted by Gasteiger charge is -2.05. The third kappa shape index (κ3) is 2.77. The number of hydrogen-bond donors (Lipinski definition) is 1. The Labute approximate surface area is 130 Å². The highest BCUT2D eigenvalue weighted by atomic mass is 35.5. The fourth-order valence-electron chi connectivity index (χ4n) is 1.70. The summed E-state index contributed by atoms with van der Waals surface area (Å²) in [5, 5.41) is 6.94. The van der Waals surface area contributed by atoms with Gasteiger partial charge in [-0.3, -0.25) is 4.98 Å². The molecule has 3 aromatic rings. The van der Waals surface area contributed by atoms with Crippen molar-refractivity contribution in [2.45, 2.75) is 0 Å². The van der Waals surface area contributed by atoms with Crippen LogP contribution in [0.5, 0.6) is 0 Å². The summed E-state index contributed by atoms with van der Waals surface area (Å²) in [7, 11) is 0. The lowest BCUT2D eigenvalue weighted by molar-refractivity contribution is 1.31. The Bertz CT molecular complexity index is 728. The summed E-state index contributed by atoms with van der Waals surface area (Å²) in [6.07, 6.45) is 3.49. The van der Waals surface area contributed by atoms with Gasteiger partial charge in [-0.1, -0.05) is 29.3 Å². The number of halogens is 2. The van der Waals surface area contributed by atoms with Gasteiger partial charge in [0.2, 0.25) is 0 Å². The van der Waals surface area contributed by atoms with Crippen LogP contribution < -0.4 is 5.32 Å². The van der Waals surface area contributed by atoms with E-state index in [-0.39, 0.29) is 0 Å². The molecule has 0 spiro atoms. The van der Waals surface area contributed by atoms with E-state index >= 15 is 0 Å². The molecule has 0 radical (unpaired) electrons. The van der Waals surface area contributed by atoms with E-state index < -0.39 is 0 Å². The van der Waals surface area contributed by atoms with Crippen LogP contribution in [0.15, 0.2) is 48.1 Å². The summed E-state index contributed by atoms with van der Waals surface area (Å²) in [6, 6.07) is 9.30. The number of thiazole rings is 1. The molecule has 1 aromatic carbocycles. The molecule has 0 aliphatic rings. The molecule has 0 bridgehead atoms. The number of nitrogens with zero attached hydrogens (tertiary/aromatic N) is 2. The first kappa shape index (κ1) is 13.4. The molecule has 20 heavy (non-hydrogen) atoms. The minimum absolute atomic E-state index is 0.495. The fraction of sp³-hybridized carbons (Fsp3) is 0. The van der Waals surface area contributed by atoms with Crippen LogP contribution >= 0.6 is 34.5 Å². The molecular weight excluding hydrogens is 313 g/mol. The predicted molar refractivity (Wildman–Crippen MR) is 85.1 cm³/mol. The Morgan fingerprint density at radius 2 is 1.85 bits per heavy atom. The largest absolute Gasteiger partial charge is 0.330 e. The van der Waals surface area contributed by atoms with Crippen molar-refractivity contribution in [2.75, 3.05) is 5.32 Å². The van der Waals surface area contributed by atoms with Crippen molar-refractivity contribution >= 4 is 45.4 Å². The lowest BCUT2D eigenvalue weighted by Crippen LogP contribution is -1.91. The third-order valence-corrected chi connectivity index (χ3v) is 4.25. The second kappa shape index (κ2) is 5.79. The van der Waals surface area contributed by atoms with E-state index in [4.69, 9.17) is 23.2 Å². The zero-order chi connectivity index (χ0) is 13.9. The van der Waals surface area contributed by atoms with Crippen molar-refractivity contribution in [3.8, 4) is 11.3 Å². The molecule has 0 saturated carbocycles. The Balaban J connectivity index is 1.86. The first-order chi connectivity index (χ1) is 9.74. The minimum atomic E-state index is 0.495. The minimum Gasteiger partial charge on any atom is -0.330 e. The first-order valence-electron chi connectivity index (χ1n) is 5.81. The van der Waals surface area contributed by atoms with Crippen molar-refractivity contribution in [1.82, 2.24) is 9.97 Å². The predicted octanol–water partition coefficient (Wildman–Crippen LogP) is 5.26. The average Bonchev–Trinajstić information content (AvgIpc) is 2.93. The van der Waals surface area contributed by atoms with Crippen molar-refractivity contribution in [1.29, 1.82) is 0 Å². The topological polar surface area (TPSA) is 37.8 Å². The van der Waals surface area contributed by atoms with Crippen LogP contribution in [0.2, 0.25) is 10.0 Å². The fourth-order valence-corrected chi connectivity index (χ4v) is 2.78. The molecule has 0 saturated heterocycles. The number of anilines is 2. The molecule has 2 aromatic heterocycles. The first-order valence-corrected chi connectivity index (χ1v) is 7.44. The number of aromatic nitrogens is 2. The molecule has 100 valence electrons. The molecule has 6 heteroatoms. The highest BCUT2D eigenvalue weighted by Crippen LogP contribution is 2.33. The zero-order valence-corrected chi connectivity index (χ0v) is 12.5. The molecule has 0 fully saturated rings. The van der Waals surface area contributed by atoms with Crippen LogP contribution in [0.4, 0.5) is 10.8 Å². The van der Waals surface area contributed by atoms with Gasteiger partial charge in [-0.2, -0.15) is 0 Å². The maximum atomic E-state index is 6.14. The number of benzene rings is 1. The van der Waals surface area contributed by atoms with E-state index in [2.05, 4.69) is 15.3 Å². The van der Waals surface area contributed by atoms with Crippen LogP contribution in [-0.4, -0.2) is 9.97 Å². The van der Waals surface area contributed by atoms with Gasteiger partial charge in [0, 0.05) is 23.3 Å². The van der Waals surface area contributed by atoms with E-state index in [1.807, 2.05) is 29.6 Å². The molecule has 0 unspecified atom stereocenters. The van der Waals surface area contributed by atoms with Crippen LogP contribution in [0.25, 0.3) is 11.3 Å². The Morgan fingerprint density at radius 3 is 2.65 bits per heavy atom. The number of rotatable bonds is 3. The lowest BCUT2D eigenvalue weighted by atomic mass is 10.2. The van der Waals surface area contributed by atoms with E-state index in [0.29, 0.717) is 10.0 Å². The van der Waals surface area contributed by atoms with Gasteiger partial charge < -0.3 is 5.32 Å². The Morgan fingerprint density at radius 1 is 1.05 bits per heavy atom. The molecule has 0 amide bonds. The summed E-state index contributed by atoms with van der Waals surface area (Å²) in [6.45, 7) is 0. The Kier molecular flexibility index (Phi) is 3.87. The van der Waals surface area contributed by atoms with Crippen molar-refractivity contribution in [2.24, 2.45) is 0 Å². The normalized spacial score (nSPS) is 10.5. The smallest absolute Gasteiger partial charge is 0.187 e. The summed E-state index contributed by atoms with van der Waals surface area (Å²) >= 11 is 13.6. The maximum absolute atomic E-state index is 6.14. The van der Waals surface area contributed by atoms with Crippen molar-refractivity contribution < 1.29 is 0 Å². The van der Waals surface area contributed by atoms with Gasteiger partial charge in [0.25, 0.3) is 0 Å². The third-order valence-electron chi connectivity index (χ3n) is 2.67. The standard InChI is InChI=1S/C14H9Cl2N3S/c15-10-2-1-3-11(13(10)16)18-14-19-12(8-20-14)9-4-6-17-7-5-9/h1-8H,(H,18,19). The molecule has 3 nitrogen and oxygen atoms in total. The van der Waals surface area contributed by atoms with E-state index in [9.17, 15) is 0 Å². The van der Waals surface area contributed by atoms with Crippen molar-refractivity contribution in [3.05, 3.63) is 58.2 Å². The molecule has 2 heterocycles. The van der Waals surface area contributed by atoms with Crippen LogP contribution in [0.3, 0.4) is 0 Å². The van der Waals surface area contributed by atoms with Gasteiger partial charge in [-0.05, 0) is 24.3 Å². The zero-order valence-electron chi connectivity index (χ0n) is 10.2. The molecule has 0 atom stereocenters. The molecular formula is C14H9Cl2N3S. The van der Waals surface area contributed by atoms with E-state index in [1.54, 1.807) is 18.5 Å².